The maximum Gasteiger partial charge on any atom is 0.459 e. The third kappa shape index (κ3) is 8.31. The Bertz CT molecular complexity index is 1480. The van der Waals surface area contributed by atoms with Crippen LogP contribution in [0.2, 0.25) is 0 Å². The van der Waals surface area contributed by atoms with Gasteiger partial charge in [-0.3, -0.25) is 23.6 Å². The van der Waals surface area contributed by atoms with Gasteiger partial charge in [-0.1, -0.05) is 17.7 Å². The Morgan fingerprint density at radius 1 is 1.22 bits per heavy atom. The Morgan fingerprint density at radius 3 is 2.51 bits per heavy atom. The van der Waals surface area contributed by atoms with Gasteiger partial charge in [0.05, 0.1) is 18.8 Å². The van der Waals surface area contributed by atoms with Crippen LogP contribution in [0, 0.1) is 6.92 Å². The second-order valence-corrected chi connectivity index (χ2v) is 13.0. The summed E-state index contributed by atoms with van der Waals surface area (Å²) >= 11 is 0. The molecule has 17 heteroatoms. The summed E-state index contributed by atoms with van der Waals surface area (Å²) in [6.07, 6.45) is -4.64. The number of aromatic nitrogens is 2. The molecule has 1 aromatic heterocycles. The van der Waals surface area contributed by atoms with E-state index in [9.17, 15) is 24.1 Å². The Balaban J connectivity index is 1.48. The molecule has 0 saturated carbocycles. The smallest absolute Gasteiger partial charge is 0.459 e. The van der Waals surface area contributed by atoms with Crippen molar-refractivity contribution in [2.45, 2.75) is 83.1 Å². The fourth-order valence-electron chi connectivity index (χ4n) is 4.84. The molecule has 0 aliphatic carbocycles. The Kier molecular flexibility index (Phi) is 10.8. The number of anilines is 1. The van der Waals surface area contributed by atoms with Crippen LogP contribution < -0.4 is 20.6 Å². The second-order valence-electron chi connectivity index (χ2n) is 11.3. The quantitative estimate of drug-likeness (QED) is 0.226. The topological polar surface area (TPSA) is 171 Å². The number of aliphatic hydroxyl groups excluding tert-OH is 1. The molecule has 3 N–H and O–H groups in total. The lowest BCUT2D eigenvalue weighted by molar-refractivity contribution is -0.149. The van der Waals surface area contributed by atoms with Gasteiger partial charge >= 0.3 is 25.3 Å². The van der Waals surface area contributed by atoms with Crippen molar-refractivity contribution >= 4 is 25.4 Å². The number of amides is 1. The zero-order valence-corrected chi connectivity index (χ0v) is 26.4. The van der Waals surface area contributed by atoms with Crippen LogP contribution in [0.1, 0.15) is 45.4 Å². The lowest BCUT2D eigenvalue weighted by Gasteiger charge is -2.25. The maximum absolute atomic E-state index is 15.2. The van der Waals surface area contributed by atoms with Crippen molar-refractivity contribution in [1.29, 1.82) is 0 Å². The van der Waals surface area contributed by atoms with E-state index in [2.05, 4.69) is 15.4 Å². The summed E-state index contributed by atoms with van der Waals surface area (Å²) in [5, 5.41) is 15.4. The highest BCUT2D eigenvalue weighted by Crippen LogP contribution is 2.48. The number of hydrogen-bond acceptors (Lipinski definition) is 11. The van der Waals surface area contributed by atoms with E-state index in [4.69, 9.17) is 18.5 Å². The fourth-order valence-corrected chi connectivity index (χ4v) is 6.34. The molecular formula is C28H38F2N5O9P. The number of ether oxygens (including phenoxy) is 2. The molecule has 45 heavy (non-hydrogen) atoms. The van der Waals surface area contributed by atoms with Crippen molar-refractivity contribution in [3.63, 3.8) is 0 Å². The largest absolute Gasteiger partial charge is 0.462 e. The summed E-state index contributed by atoms with van der Waals surface area (Å²) < 4.78 is 66.1. The first-order valence-electron chi connectivity index (χ1n) is 14.4. The van der Waals surface area contributed by atoms with Gasteiger partial charge in [0.25, 0.3) is 0 Å². The first kappa shape index (κ1) is 34.6. The number of hydrogen-bond donors (Lipinski definition) is 3. The molecule has 1 unspecified atom stereocenters. The third-order valence-electron chi connectivity index (χ3n) is 7.25. The van der Waals surface area contributed by atoms with E-state index in [1.807, 2.05) is 11.8 Å². The third-order valence-corrected chi connectivity index (χ3v) is 8.89. The number of alkyl halides is 2. The molecule has 1 aromatic carbocycles. The predicted molar refractivity (Wildman–Crippen MR) is 157 cm³/mol. The highest BCUT2D eigenvalue weighted by atomic mass is 31.2. The summed E-state index contributed by atoms with van der Waals surface area (Å²) in [7, 11) is -2.69. The number of rotatable bonds is 12. The Labute approximate surface area is 258 Å². The molecule has 248 valence electrons. The lowest BCUT2D eigenvalue weighted by Crippen LogP contribution is -2.42. The first-order chi connectivity index (χ1) is 21.1. The van der Waals surface area contributed by atoms with Crippen molar-refractivity contribution in [1.82, 2.24) is 19.5 Å². The molecule has 6 atom stereocenters. The lowest BCUT2D eigenvalue weighted by atomic mass is 10.1. The van der Waals surface area contributed by atoms with Gasteiger partial charge in [-0.25, -0.2) is 9.36 Å². The van der Waals surface area contributed by atoms with Gasteiger partial charge in [0, 0.05) is 6.20 Å². The average molecular weight is 658 g/mol. The van der Waals surface area contributed by atoms with Crippen molar-refractivity contribution in [2.24, 2.45) is 0 Å². The van der Waals surface area contributed by atoms with Gasteiger partial charge in [0.15, 0.2) is 6.10 Å². The number of benzene rings is 1. The summed E-state index contributed by atoms with van der Waals surface area (Å²) in [5.74, 6) is -5.21. The number of aliphatic hydroxyl groups is 1. The average Bonchev–Trinajstić information content (AvgIpc) is 3.48. The van der Waals surface area contributed by atoms with Crippen molar-refractivity contribution < 1.29 is 46.6 Å². The predicted octanol–water partition coefficient (Wildman–Crippen LogP) is 2.61. The van der Waals surface area contributed by atoms with Crippen LogP contribution >= 0.6 is 7.75 Å². The molecule has 2 saturated heterocycles. The van der Waals surface area contributed by atoms with E-state index in [0.717, 1.165) is 30.8 Å². The van der Waals surface area contributed by atoms with Crippen molar-refractivity contribution in [2.75, 3.05) is 25.5 Å². The molecular weight excluding hydrogens is 619 g/mol. The number of esters is 1. The van der Waals surface area contributed by atoms with Crippen LogP contribution in [-0.4, -0.2) is 88.0 Å². The van der Waals surface area contributed by atoms with Gasteiger partial charge in [0.2, 0.25) is 12.1 Å². The molecule has 14 nitrogen and oxygen atoms in total. The molecule has 2 aliphatic heterocycles. The second kappa shape index (κ2) is 14.0. The molecule has 2 aromatic rings. The highest BCUT2D eigenvalue weighted by Gasteiger charge is 2.60. The van der Waals surface area contributed by atoms with Crippen LogP contribution in [0.25, 0.3) is 0 Å². The fraction of sp³-hybridized carbons (Fsp3) is 0.571. The number of carbonyl (C=O) groups is 2. The van der Waals surface area contributed by atoms with Crippen LogP contribution in [0.5, 0.6) is 5.75 Å². The number of halogens is 2. The van der Waals surface area contributed by atoms with Crippen LogP contribution in [0.15, 0.2) is 41.3 Å². The number of likely N-dealkylation sites (N-methyl/N-ethyl adjacent to an activating group) is 1. The van der Waals surface area contributed by atoms with E-state index in [1.165, 1.54) is 19.1 Å². The summed E-state index contributed by atoms with van der Waals surface area (Å²) in [6.45, 7) is 6.26. The van der Waals surface area contributed by atoms with Crippen molar-refractivity contribution in [3.8, 4) is 5.75 Å². The summed E-state index contributed by atoms with van der Waals surface area (Å²) in [6, 6.07) is 5.87. The molecule has 4 rings (SSSR count). The van der Waals surface area contributed by atoms with E-state index in [-0.39, 0.29) is 17.5 Å². The molecule has 0 spiro atoms. The van der Waals surface area contributed by atoms with Gasteiger partial charge in [-0.15, -0.1) is 0 Å². The van der Waals surface area contributed by atoms with E-state index in [0.29, 0.717) is 11.0 Å². The molecule has 1 amide bonds. The minimum Gasteiger partial charge on any atom is -0.462 e. The van der Waals surface area contributed by atoms with Gasteiger partial charge < -0.3 is 24.4 Å². The number of carbonyl (C=O) groups excluding carboxylic acids is 2. The van der Waals surface area contributed by atoms with Crippen LogP contribution in [0.4, 0.5) is 14.6 Å². The van der Waals surface area contributed by atoms with Crippen molar-refractivity contribution in [3.05, 3.63) is 52.6 Å². The monoisotopic (exact) mass is 657 g/mol. The van der Waals surface area contributed by atoms with Gasteiger partial charge in [0.1, 0.15) is 23.7 Å². The minimum absolute atomic E-state index is 0.0846. The van der Waals surface area contributed by atoms with Crippen LogP contribution in [0.3, 0.4) is 0 Å². The number of nitrogens with one attached hydrogen (secondary N) is 2. The summed E-state index contributed by atoms with van der Waals surface area (Å²) in [5.41, 5.74) is -0.296. The molecule has 0 radical (unpaired) electrons. The number of aryl methyl sites for hydroxylation is 1. The van der Waals surface area contributed by atoms with E-state index < -0.39 is 68.6 Å². The SMILES string of the molecule is Cc1ccc(OP(=O)(N[C@@H](C)C(=O)OC(C)C)OC[C@H]2O[C@@H](n3ccc(NC(=O)[C@@H]4CCCN4C)nc3=O)C(F)(F)[C@@H]2O)cc1. The van der Waals surface area contributed by atoms with Gasteiger partial charge in [-0.2, -0.15) is 18.9 Å². The van der Waals surface area contributed by atoms with Crippen LogP contribution in [-0.2, 0) is 28.2 Å². The molecule has 3 heterocycles. The Hall–Kier alpha value is -3.27. The van der Waals surface area contributed by atoms with E-state index in [1.54, 1.807) is 33.0 Å². The van der Waals surface area contributed by atoms with Gasteiger partial charge in [-0.05, 0) is 72.3 Å². The Morgan fingerprint density at radius 2 is 1.91 bits per heavy atom. The molecule has 0 bridgehead atoms. The zero-order chi connectivity index (χ0) is 33.1. The minimum atomic E-state index is -4.48. The highest BCUT2D eigenvalue weighted by molar-refractivity contribution is 7.52. The number of likely N-dealkylation sites (tertiary alicyclic amines) is 1. The first-order valence-corrected chi connectivity index (χ1v) is 15.9. The maximum atomic E-state index is 15.2. The van der Waals surface area contributed by atoms with E-state index >= 15 is 8.78 Å². The standard InChI is InChI=1S/C28H38F2N5O9P/c1-16(2)42-25(38)18(4)33-45(40,44-19-10-8-17(3)9-11-19)41-15-21-23(36)28(29,30)26(43-21)35-14-12-22(32-27(35)39)31-24(37)20-7-6-13-34(20)5/h8-12,14,16,18,20-21,23,26,36H,6-7,13,15H2,1-5H3,(H,33,40)(H,31,32,37,39)/t18-,20-,21+,23+,26+,45?/m0/s1. The molecule has 2 fully saturated rings. The molecule has 2 aliphatic rings. The normalized spacial score (nSPS) is 25.1. The zero-order valence-electron chi connectivity index (χ0n) is 25.5. The number of nitrogens with zero attached hydrogens (tertiary/aromatic N) is 3. The summed E-state index contributed by atoms with van der Waals surface area (Å²) in [4.78, 5) is 43.2.